The molecule has 1 heterocycles. The number of hydrogen-bond donors (Lipinski definition) is 1. The zero-order chi connectivity index (χ0) is 21.8. The number of fused-ring (bicyclic) bond motifs is 1. The second-order valence-electron chi connectivity index (χ2n) is 6.08. The Morgan fingerprint density at radius 3 is 2.30 bits per heavy atom. The number of rotatable bonds is 9. The monoisotopic (exact) mass is 413 g/mol. The molecule has 3 aromatic rings. The normalized spacial score (nSPS) is 10.7. The molecular weight excluding hydrogens is 400 g/mol. The molecule has 2 aromatic carbocycles. The van der Waals surface area contributed by atoms with E-state index in [0.29, 0.717) is 11.1 Å². The molecule has 0 amide bonds. The molecule has 30 heavy (non-hydrogen) atoms. The molecule has 0 fully saturated rings. The molecular formula is C19H13N2O9-3. The highest BCUT2D eigenvalue weighted by molar-refractivity contribution is 5.83. The van der Waals surface area contributed by atoms with Crippen LogP contribution in [0.2, 0.25) is 0 Å². The van der Waals surface area contributed by atoms with Gasteiger partial charge in [0, 0.05) is 6.07 Å². The fraction of sp³-hybridized carbons (Fsp3) is 0.158. The van der Waals surface area contributed by atoms with Gasteiger partial charge in [0.15, 0.2) is 5.58 Å². The standard InChI is InChI=1S/C19H16N2O9/c22-13-6-12(21(7-16(23)24)8-17(25)26)15(29-9-18(27)28)5-10(13)19-20-11-3-1-2-4-14(11)30-19/h1-6,22H,7-9H2,(H,23,24)(H,25,26)(H,27,28)/p-3. The van der Waals surface area contributed by atoms with Gasteiger partial charge in [-0.1, -0.05) is 12.1 Å². The lowest BCUT2D eigenvalue weighted by atomic mass is 10.1. The number of aliphatic carboxylic acids is 3. The van der Waals surface area contributed by atoms with Gasteiger partial charge in [0.05, 0.1) is 42.2 Å². The number of aromatic hydroxyl groups is 1. The first-order valence-electron chi connectivity index (χ1n) is 8.45. The van der Waals surface area contributed by atoms with Crippen LogP contribution in [0.25, 0.3) is 22.6 Å². The summed E-state index contributed by atoms with van der Waals surface area (Å²) in [5.74, 6) is -5.54. The number of carbonyl (C=O) groups excluding carboxylic acids is 3. The molecule has 156 valence electrons. The van der Waals surface area contributed by atoms with Crippen LogP contribution in [0.3, 0.4) is 0 Å². The van der Waals surface area contributed by atoms with Crippen molar-refractivity contribution in [1.82, 2.24) is 4.98 Å². The maximum absolute atomic E-state index is 11.0. The van der Waals surface area contributed by atoms with Crippen LogP contribution < -0.4 is 25.0 Å². The van der Waals surface area contributed by atoms with Gasteiger partial charge in [0.2, 0.25) is 5.89 Å². The molecule has 11 nitrogen and oxygen atoms in total. The number of hydrogen-bond acceptors (Lipinski definition) is 11. The van der Waals surface area contributed by atoms with Crippen LogP contribution >= 0.6 is 0 Å². The Hall–Kier alpha value is -4.28. The summed E-state index contributed by atoms with van der Waals surface area (Å²) in [4.78, 5) is 37.8. The van der Waals surface area contributed by atoms with Gasteiger partial charge in [-0.3, -0.25) is 0 Å². The van der Waals surface area contributed by atoms with Crippen LogP contribution in [0.4, 0.5) is 5.69 Å². The van der Waals surface area contributed by atoms with E-state index in [0.717, 1.165) is 17.0 Å². The van der Waals surface area contributed by atoms with Crippen molar-refractivity contribution in [2.45, 2.75) is 0 Å². The number of carbonyl (C=O) groups is 3. The quantitative estimate of drug-likeness (QED) is 0.396. The molecule has 0 unspecified atom stereocenters. The first-order valence-corrected chi connectivity index (χ1v) is 8.45. The number of carboxylic acids is 3. The van der Waals surface area contributed by atoms with Crippen molar-refractivity contribution in [2.24, 2.45) is 0 Å². The molecule has 11 heteroatoms. The molecule has 1 aromatic heterocycles. The number of oxazole rings is 1. The Bertz CT molecular complexity index is 1070. The molecule has 0 atom stereocenters. The molecule has 0 aliphatic carbocycles. The summed E-state index contributed by atoms with van der Waals surface area (Å²) >= 11 is 0. The Morgan fingerprint density at radius 2 is 1.70 bits per heavy atom. The van der Waals surface area contributed by atoms with E-state index >= 15 is 0 Å². The number of phenols is 1. The summed E-state index contributed by atoms with van der Waals surface area (Å²) in [5.41, 5.74) is 0.694. The van der Waals surface area contributed by atoms with Gasteiger partial charge in [-0.25, -0.2) is 4.98 Å². The van der Waals surface area contributed by atoms with Crippen LogP contribution in [0.5, 0.6) is 11.5 Å². The Morgan fingerprint density at radius 1 is 1.03 bits per heavy atom. The van der Waals surface area contributed by atoms with Gasteiger partial charge in [-0.05, 0) is 18.2 Å². The lowest BCUT2D eigenvalue weighted by Gasteiger charge is -2.28. The molecule has 0 spiro atoms. The maximum Gasteiger partial charge on any atom is 0.231 e. The van der Waals surface area contributed by atoms with E-state index in [1.165, 1.54) is 0 Å². The zero-order valence-electron chi connectivity index (χ0n) is 15.2. The summed E-state index contributed by atoms with van der Waals surface area (Å²) in [5, 5.41) is 43.3. The number of anilines is 1. The minimum atomic E-state index is -1.62. The maximum atomic E-state index is 11.0. The van der Waals surface area contributed by atoms with Crippen molar-refractivity contribution < 1.29 is 44.0 Å². The van der Waals surface area contributed by atoms with Crippen molar-refractivity contribution in [2.75, 3.05) is 24.6 Å². The number of phenolic OH excluding ortho intramolecular Hbond substituents is 1. The minimum Gasteiger partial charge on any atom is -0.548 e. The van der Waals surface area contributed by atoms with Crippen LogP contribution in [0.15, 0.2) is 40.8 Å². The van der Waals surface area contributed by atoms with E-state index in [1.54, 1.807) is 24.3 Å². The Labute approximate surface area is 168 Å². The van der Waals surface area contributed by atoms with E-state index in [2.05, 4.69) is 4.98 Å². The number of ether oxygens (including phenoxy) is 1. The molecule has 0 bridgehead atoms. The molecule has 0 aliphatic rings. The van der Waals surface area contributed by atoms with Crippen LogP contribution in [0.1, 0.15) is 0 Å². The van der Waals surface area contributed by atoms with E-state index in [1.807, 2.05) is 0 Å². The van der Waals surface area contributed by atoms with Crippen molar-refractivity contribution in [3.8, 4) is 23.0 Å². The average molecular weight is 413 g/mol. The Kier molecular flexibility index (Phi) is 5.72. The van der Waals surface area contributed by atoms with Gasteiger partial charge in [0.1, 0.15) is 23.6 Å². The Balaban J connectivity index is 2.11. The highest BCUT2D eigenvalue weighted by Gasteiger charge is 2.21. The van der Waals surface area contributed by atoms with Gasteiger partial charge >= 0.3 is 0 Å². The molecule has 0 saturated carbocycles. The molecule has 0 aliphatic heterocycles. The van der Waals surface area contributed by atoms with Crippen molar-refractivity contribution in [1.29, 1.82) is 0 Å². The van der Waals surface area contributed by atoms with Crippen LogP contribution in [-0.2, 0) is 14.4 Å². The molecule has 0 saturated heterocycles. The zero-order valence-corrected chi connectivity index (χ0v) is 15.2. The summed E-state index contributed by atoms with van der Waals surface area (Å²) in [7, 11) is 0. The van der Waals surface area contributed by atoms with Crippen molar-refractivity contribution in [3.05, 3.63) is 36.4 Å². The van der Waals surface area contributed by atoms with Gasteiger partial charge in [-0.15, -0.1) is 0 Å². The van der Waals surface area contributed by atoms with E-state index in [-0.39, 0.29) is 22.9 Å². The smallest absolute Gasteiger partial charge is 0.231 e. The van der Waals surface area contributed by atoms with Gasteiger partial charge in [-0.2, -0.15) is 0 Å². The minimum absolute atomic E-state index is 0.00477. The van der Waals surface area contributed by atoms with Crippen LogP contribution in [0, 0.1) is 0 Å². The largest absolute Gasteiger partial charge is 0.548 e. The van der Waals surface area contributed by atoms with Crippen molar-refractivity contribution >= 4 is 34.7 Å². The molecule has 1 N–H and O–H groups in total. The predicted octanol–water partition coefficient (Wildman–Crippen LogP) is -2.36. The van der Waals surface area contributed by atoms with Gasteiger partial charge in [0.25, 0.3) is 0 Å². The number of carboxylic acid groups (broad SMARTS) is 3. The summed E-state index contributed by atoms with van der Waals surface area (Å²) in [6.45, 7) is -2.70. The topological polar surface area (TPSA) is 179 Å². The lowest BCUT2D eigenvalue weighted by Crippen LogP contribution is -2.44. The second-order valence-corrected chi connectivity index (χ2v) is 6.08. The highest BCUT2D eigenvalue weighted by Crippen LogP contribution is 2.40. The third-order valence-corrected chi connectivity index (χ3v) is 3.93. The predicted molar refractivity (Wildman–Crippen MR) is 93.8 cm³/mol. The van der Waals surface area contributed by atoms with Gasteiger partial charge < -0.3 is 48.9 Å². The SMILES string of the molecule is O=C([O-])COc1cc(-c2nc3ccccc3o2)c(O)cc1N(CC(=O)[O-])CC(=O)[O-]. The summed E-state index contributed by atoms with van der Waals surface area (Å²) in [6, 6.07) is 8.90. The van der Waals surface area contributed by atoms with E-state index in [9.17, 15) is 34.8 Å². The average Bonchev–Trinajstić information content (AvgIpc) is 3.09. The van der Waals surface area contributed by atoms with Crippen LogP contribution in [-0.4, -0.2) is 47.7 Å². The third-order valence-electron chi connectivity index (χ3n) is 3.93. The number of benzene rings is 2. The third kappa shape index (κ3) is 4.58. The summed E-state index contributed by atoms with van der Waals surface area (Å²) in [6.07, 6.45) is 0. The van der Waals surface area contributed by atoms with E-state index < -0.39 is 43.4 Å². The second kappa shape index (κ2) is 8.39. The highest BCUT2D eigenvalue weighted by atomic mass is 16.5. The van der Waals surface area contributed by atoms with E-state index in [4.69, 9.17) is 9.15 Å². The fourth-order valence-electron chi connectivity index (χ4n) is 2.75. The van der Waals surface area contributed by atoms with Crippen molar-refractivity contribution in [3.63, 3.8) is 0 Å². The number of nitrogens with zero attached hydrogens (tertiary/aromatic N) is 2. The number of aromatic nitrogens is 1. The lowest BCUT2D eigenvalue weighted by molar-refractivity contribution is -0.308. The first kappa shape index (κ1) is 20.5. The number of para-hydroxylation sites is 2. The molecule has 3 rings (SSSR count). The fourth-order valence-corrected chi connectivity index (χ4v) is 2.75. The summed E-state index contributed by atoms with van der Waals surface area (Å²) < 4.78 is 10.7. The molecule has 0 radical (unpaired) electrons. The first-order chi connectivity index (χ1) is 14.2.